The van der Waals surface area contributed by atoms with E-state index in [4.69, 9.17) is 14.7 Å². The number of aromatic nitrogens is 5. The normalized spacial score (nSPS) is 19.4. The van der Waals surface area contributed by atoms with Gasteiger partial charge in [0.05, 0.1) is 19.4 Å². The van der Waals surface area contributed by atoms with Crippen LogP contribution in [0.2, 0.25) is 0 Å². The molecule has 1 saturated heterocycles. The number of pyridine rings is 1. The first-order chi connectivity index (χ1) is 23.5. The molecule has 0 radical (unpaired) electrons. The Labute approximate surface area is 280 Å². The molecule has 1 aliphatic heterocycles. The number of hydrogen-bond donors (Lipinski definition) is 3. The Morgan fingerprint density at radius 2 is 1.73 bits per heavy atom. The number of aliphatic hydroxyl groups is 1. The Kier molecular flexibility index (Phi) is 10.5. The van der Waals surface area contributed by atoms with Gasteiger partial charge in [-0.3, -0.25) is 4.90 Å². The summed E-state index contributed by atoms with van der Waals surface area (Å²) in [4.78, 5) is 39.9. The maximum Gasteiger partial charge on any atom is 0.323 e. The fourth-order valence-electron chi connectivity index (χ4n) is 6.30. The number of methoxy groups -OCH3 is 1. The molecule has 1 atom stereocenters. The molecule has 0 spiro atoms. The molecule has 0 bridgehead atoms. The van der Waals surface area contributed by atoms with Crippen molar-refractivity contribution >= 4 is 23.6 Å². The number of benzene rings is 1. The SMILES string of the molecule is COc1ncc(-c2ccc(N(C(=O)NCc3ccccc3)C3CCC(Nc4ncc(C#N)c(N5CCCC(O)CC5)n4)CC3)nc2)cn1. The van der Waals surface area contributed by atoms with E-state index in [2.05, 4.69) is 36.6 Å². The van der Waals surface area contributed by atoms with Gasteiger partial charge in [-0.1, -0.05) is 30.3 Å². The predicted molar refractivity (Wildman–Crippen MR) is 181 cm³/mol. The number of urea groups is 1. The molecule has 2 amide bonds. The predicted octanol–water partition coefficient (Wildman–Crippen LogP) is 4.70. The number of rotatable bonds is 9. The third kappa shape index (κ3) is 7.95. The van der Waals surface area contributed by atoms with Crippen molar-refractivity contribution in [3.8, 4) is 23.2 Å². The molecule has 3 N–H and O–H groups in total. The Balaban J connectivity index is 1.15. The summed E-state index contributed by atoms with van der Waals surface area (Å²) in [7, 11) is 1.52. The summed E-state index contributed by atoms with van der Waals surface area (Å²) in [5.74, 6) is 1.65. The number of aliphatic hydroxyl groups excluding tert-OH is 1. The van der Waals surface area contributed by atoms with Crippen molar-refractivity contribution in [2.75, 3.05) is 35.3 Å². The number of nitriles is 1. The van der Waals surface area contributed by atoms with Crippen LogP contribution in [0.15, 0.2) is 67.3 Å². The first-order valence-corrected chi connectivity index (χ1v) is 16.4. The van der Waals surface area contributed by atoms with E-state index < -0.39 is 0 Å². The zero-order valence-electron chi connectivity index (χ0n) is 27.0. The van der Waals surface area contributed by atoms with Crippen molar-refractivity contribution in [2.24, 2.45) is 0 Å². The van der Waals surface area contributed by atoms with E-state index in [1.807, 2.05) is 42.5 Å². The minimum Gasteiger partial charge on any atom is -0.467 e. The molecule has 2 aliphatic rings. The second kappa shape index (κ2) is 15.5. The van der Waals surface area contributed by atoms with Gasteiger partial charge in [-0.15, -0.1) is 0 Å². The van der Waals surface area contributed by atoms with E-state index in [1.54, 1.807) is 29.7 Å². The molecule has 2 fully saturated rings. The standard InChI is InChI=1S/C35H40N10O3/c1-48-34-39-22-27(23-40-34)25-9-14-31(37-20-25)45(35(47)41-19-24-6-3-2-4-7-24)29-12-10-28(11-13-29)42-33-38-21-26(18-36)32(43-33)44-16-5-8-30(46)15-17-44/h2-4,6-7,9,14,20-23,28-30,46H,5,8,10-13,15-17,19H2,1H3,(H,41,47)(H,38,42,43). The van der Waals surface area contributed by atoms with Crippen LogP contribution in [-0.4, -0.2) is 74.4 Å². The van der Waals surface area contributed by atoms with Crippen LogP contribution in [0, 0.1) is 11.3 Å². The maximum absolute atomic E-state index is 13.8. The maximum atomic E-state index is 13.8. The summed E-state index contributed by atoms with van der Waals surface area (Å²) >= 11 is 0. The molecule has 1 aromatic carbocycles. The number of nitrogens with zero attached hydrogens (tertiary/aromatic N) is 8. The Hall–Kier alpha value is -5.35. The van der Waals surface area contributed by atoms with E-state index in [1.165, 1.54) is 7.11 Å². The summed E-state index contributed by atoms with van der Waals surface area (Å²) in [5.41, 5.74) is 3.07. The molecule has 6 rings (SSSR count). The molecule has 4 heterocycles. The highest BCUT2D eigenvalue weighted by atomic mass is 16.5. The van der Waals surface area contributed by atoms with Crippen molar-refractivity contribution in [2.45, 2.75) is 69.7 Å². The molecular formula is C35H40N10O3. The van der Waals surface area contributed by atoms with Gasteiger partial charge < -0.3 is 25.4 Å². The van der Waals surface area contributed by atoms with Crippen LogP contribution in [0.25, 0.3) is 11.1 Å². The summed E-state index contributed by atoms with van der Waals surface area (Å²) in [5, 5.41) is 26.4. The second-order valence-electron chi connectivity index (χ2n) is 12.1. The first kappa shape index (κ1) is 32.6. The molecule has 248 valence electrons. The van der Waals surface area contributed by atoms with Gasteiger partial charge in [-0.05, 0) is 62.6 Å². The van der Waals surface area contributed by atoms with Crippen molar-refractivity contribution < 1.29 is 14.6 Å². The average Bonchev–Trinajstić information content (AvgIpc) is 3.36. The van der Waals surface area contributed by atoms with Gasteiger partial charge in [0.15, 0.2) is 5.82 Å². The average molecular weight is 649 g/mol. The zero-order valence-corrected chi connectivity index (χ0v) is 27.0. The summed E-state index contributed by atoms with van der Waals surface area (Å²) in [6.07, 6.45) is 11.7. The lowest BCUT2D eigenvalue weighted by atomic mass is 9.90. The number of amides is 2. The Morgan fingerprint density at radius 3 is 2.44 bits per heavy atom. The van der Waals surface area contributed by atoms with Crippen LogP contribution in [0.1, 0.15) is 56.1 Å². The highest BCUT2D eigenvalue weighted by Crippen LogP contribution is 2.30. The fourth-order valence-corrected chi connectivity index (χ4v) is 6.30. The third-order valence-corrected chi connectivity index (χ3v) is 8.93. The van der Waals surface area contributed by atoms with Crippen molar-refractivity contribution in [1.29, 1.82) is 5.26 Å². The molecule has 1 unspecified atom stereocenters. The van der Waals surface area contributed by atoms with Gasteiger partial charge in [0.1, 0.15) is 17.5 Å². The van der Waals surface area contributed by atoms with Crippen LogP contribution < -0.4 is 25.2 Å². The smallest absolute Gasteiger partial charge is 0.323 e. The molecule has 1 saturated carbocycles. The number of hydrogen-bond acceptors (Lipinski definition) is 11. The lowest BCUT2D eigenvalue weighted by molar-refractivity contribution is 0.161. The monoisotopic (exact) mass is 648 g/mol. The van der Waals surface area contributed by atoms with Gasteiger partial charge in [0.25, 0.3) is 0 Å². The zero-order chi connectivity index (χ0) is 33.3. The van der Waals surface area contributed by atoms with Crippen molar-refractivity contribution in [1.82, 2.24) is 30.2 Å². The van der Waals surface area contributed by atoms with E-state index in [0.29, 0.717) is 48.7 Å². The van der Waals surface area contributed by atoms with Crippen LogP contribution in [0.5, 0.6) is 6.01 Å². The Bertz CT molecular complexity index is 1690. The molecular weight excluding hydrogens is 608 g/mol. The number of anilines is 3. The van der Waals surface area contributed by atoms with E-state index in [0.717, 1.165) is 61.8 Å². The van der Waals surface area contributed by atoms with Gasteiger partial charge in [-0.2, -0.15) is 10.2 Å². The third-order valence-electron chi connectivity index (χ3n) is 8.93. The largest absolute Gasteiger partial charge is 0.467 e. The van der Waals surface area contributed by atoms with Gasteiger partial charge in [0, 0.05) is 61.4 Å². The molecule has 3 aromatic heterocycles. The highest BCUT2D eigenvalue weighted by Gasteiger charge is 2.31. The van der Waals surface area contributed by atoms with Crippen molar-refractivity contribution in [3.05, 3.63) is 78.4 Å². The van der Waals surface area contributed by atoms with E-state index in [9.17, 15) is 15.2 Å². The second-order valence-corrected chi connectivity index (χ2v) is 12.1. The van der Waals surface area contributed by atoms with Gasteiger partial charge in [-0.25, -0.2) is 24.7 Å². The minimum absolute atomic E-state index is 0.0672. The van der Waals surface area contributed by atoms with Crippen LogP contribution >= 0.6 is 0 Å². The fraction of sp³-hybridized carbons (Fsp3) is 0.400. The summed E-state index contributed by atoms with van der Waals surface area (Å²) in [6.45, 7) is 1.78. The number of ether oxygens (including phenoxy) is 1. The molecule has 1 aliphatic carbocycles. The van der Waals surface area contributed by atoms with E-state index >= 15 is 0 Å². The number of nitrogens with one attached hydrogen (secondary N) is 2. The van der Waals surface area contributed by atoms with Gasteiger partial charge in [0.2, 0.25) is 5.95 Å². The number of carbonyl (C=O) groups is 1. The summed E-state index contributed by atoms with van der Waals surface area (Å²) < 4.78 is 5.07. The quantitative estimate of drug-likeness (QED) is 0.230. The van der Waals surface area contributed by atoms with Gasteiger partial charge >= 0.3 is 12.0 Å². The topological polar surface area (TPSA) is 165 Å². The lowest BCUT2D eigenvalue weighted by Gasteiger charge is -2.36. The highest BCUT2D eigenvalue weighted by molar-refractivity contribution is 5.91. The van der Waals surface area contributed by atoms with E-state index in [-0.39, 0.29) is 24.2 Å². The first-order valence-electron chi connectivity index (χ1n) is 16.4. The van der Waals surface area contributed by atoms with Crippen LogP contribution in [0.4, 0.5) is 22.4 Å². The van der Waals surface area contributed by atoms with Crippen LogP contribution in [-0.2, 0) is 6.54 Å². The molecule has 13 heteroatoms. The Morgan fingerprint density at radius 1 is 0.958 bits per heavy atom. The van der Waals surface area contributed by atoms with Crippen molar-refractivity contribution in [3.63, 3.8) is 0 Å². The minimum atomic E-state index is -0.327. The molecule has 48 heavy (non-hydrogen) atoms. The summed E-state index contributed by atoms with van der Waals surface area (Å²) in [6, 6.07) is 16.0. The lowest BCUT2D eigenvalue weighted by Crippen LogP contribution is -2.49. The molecule has 13 nitrogen and oxygen atoms in total. The van der Waals surface area contributed by atoms with Crippen LogP contribution in [0.3, 0.4) is 0 Å². The number of carbonyl (C=O) groups excluding carboxylic acids is 1. The molecule has 4 aromatic rings.